The van der Waals surface area contributed by atoms with E-state index in [9.17, 15) is 8.42 Å². The lowest BCUT2D eigenvalue weighted by Crippen LogP contribution is -2.37. The molecule has 150 valence electrons. The van der Waals surface area contributed by atoms with Crippen LogP contribution in [0.2, 0.25) is 0 Å². The molecule has 2 aliphatic rings. The summed E-state index contributed by atoms with van der Waals surface area (Å²) < 4.78 is 27.6. The number of hydrogen-bond donors (Lipinski definition) is 1. The molecule has 1 fully saturated rings. The van der Waals surface area contributed by atoms with Gasteiger partial charge in [-0.25, -0.2) is 18.4 Å². The van der Waals surface area contributed by atoms with Crippen LogP contribution in [0.5, 0.6) is 0 Å². The highest BCUT2D eigenvalue weighted by Gasteiger charge is 2.32. The number of rotatable bonds is 4. The van der Waals surface area contributed by atoms with Gasteiger partial charge in [0.2, 0.25) is 10.0 Å². The van der Waals surface area contributed by atoms with E-state index in [1.807, 2.05) is 13.1 Å². The zero-order valence-corrected chi connectivity index (χ0v) is 17.2. The Labute approximate surface area is 166 Å². The summed E-state index contributed by atoms with van der Waals surface area (Å²) in [5.74, 6) is 2.01. The van der Waals surface area contributed by atoms with Gasteiger partial charge in [0.1, 0.15) is 11.6 Å². The number of likely N-dealkylation sites (tertiary alicyclic amines) is 1. The van der Waals surface area contributed by atoms with Crippen LogP contribution in [-0.4, -0.2) is 61.3 Å². The predicted molar refractivity (Wildman–Crippen MR) is 109 cm³/mol. The molecule has 3 heterocycles. The Morgan fingerprint density at radius 3 is 2.46 bits per heavy atom. The van der Waals surface area contributed by atoms with Crippen molar-refractivity contribution >= 4 is 15.8 Å². The third kappa shape index (κ3) is 3.64. The minimum atomic E-state index is -3.52. The summed E-state index contributed by atoms with van der Waals surface area (Å²) >= 11 is 0. The first kappa shape index (κ1) is 19.3. The van der Waals surface area contributed by atoms with Gasteiger partial charge in [-0.2, -0.15) is 4.31 Å². The smallest absolute Gasteiger partial charge is 0.243 e. The van der Waals surface area contributed by atoms with Crippen LogP contribution in [0, 0.1) is 0 Å². The Balaban J connectivity index is 1.65. The molecule has 0 saturated carbocycles. The fraction of sp³-hybridized carbons (Fsp3) is 0.500. The molecule has 4 rings (SSSR count). The second-order valence-corrected chi connectivity index (χ2v) is 9.52. The van der Waals surface area contributed by atoms with Crippen molar-refractivity contribution in [3.8, 4) is 0 Å². The Hall–Kier alpha value is -2.03. The number of hydrogen-bond acceptors (Lipinski definition) is 6. The van der Waals surface area contributed by atoms with E-state index in [-0.39, 0.29) is 0 Å². The van der Waals surface area contributed by atoms with Gasteiger partial charge >= 0.3 is 0 Å². The molecule has 0 bridgehead atoms. The Morgan fingerprint density at radius 2 is 1.79 bits per heavy atom. The molecule has 1 aromatic carbocycles. The van der Waals surface area contributed by atoms with Gasteiger partial charge < -0.3 is 10.2 Å². The standard InChI is InChI=1S/C20H27N5O2S/c1-21-20-17-10-13-25(28(26,27)16-6-4-3-5-7-16)14-18(17)22-19(23-20)15-8-11-24(2)12-9-15/h3-7,15H,8-14H2,1-2H3,(H,21,22,23). The average molecular weight is 402 g/mol. The maximum Gasteiger partial charge on any atom is 0.243 e. The summed E-state index contributed by atoms with van der Waals surface area (Å²) in [6.07, 6.45) is 2.68. The number of sulfonamides is 1. The molecule has 0 unspecified atom stereocenters. The number of aromatic nitrogens is 2. The fourth-order valence-corrected chi connectivity index (χ4v) is 5.45. The van der Waals surface area contributed by atoms with Gasteiger partial charge in [0.15, 0.2) is 0 Å². The zero-order chi connectivity index (χ0) is 19.7. The van der Waals surface area contributed by atoms with Gasteiger partial charge in [-0.1, -0.05) is 18.2 Å². The van der Waals surface area contributed by atoms with Gasteiger partial charge in [-0.3, -0.25) is 0 Å². The number of piperidine rings is 1. The molecule has 2 aliphatic heterocycles. The van der Waals surface area contributed by atoms with Crippen LogP contribution in [0.15, 0.2) is 35.2 Å². The molecular formula is C20H27N5O2S. The van der Waals surface area contributed by atoms with Crippen LogP contribution in [0.4, 0.5) is 5.82 Å². The third-order valence-electron chi connectivity index (χ3n) is 5.75. The topological polar surface area (TPSA) is 78.4 Å². The van der Waals surface area contributed by atoms with Gasteiger partial charge in [0, 0.05) is 25.1 Å². The van der Waals surface area contributed by atoms with Crippen LogP contribution in [0.1, 0.15) is 35.8 Å². The zero-order valence-electron chi connectivity index (χ0n) is 16.4. The first-order chi connectivity index (χ1) is 13.5. The van der Waals surface area contributed by atoms with Gasteiger partial charge in [-0.15, -0.1) is 0 Å². The fourth-order valence-electron chi connectivity index (χ4n) is 4.03. The second-order valence-electron chi connectivity index (χ2n) is 7.58. The van der Waals surface area contributed by atoms with Crippen LogP contribution >= 0.6 is 0 Å². The van der Waals surface area contributed by atoms with Crippen LogP contribution in [0.3, 0.4) is 0 Å². The molecule has 8 heteroatoms. The minimum Gasteiger partial charge on any atom is -0.373 e. The van der Waals surface area contributed by atoms with E-state index in [0.717, 1.165) is 48.8 Å². The predicted octanol–water partition coefficient (Wildman–Crippen LogP) is 2.07. The first-order valence-corrected chi connectivity index (χ1v) is 11.2. The van der Waals surface area contributed by atoms with Crippen LogP contribution in [0.25, 0.3) is 0 Å². The van der Waals surface area contributed by atoms with Crippen LogP contribution < -0.4 is 5.32 Å². The molecule has 1 aromatic heterocycles. The number of nitrogens with zero attached hydrogens (tertiary/aromatic N) is 4. The van der Waals surface area contributed by atoms with E-state index < -0.39 is 10.0 Å². The lowest BCUT2D eigenvalue weighted by atomic mass is 9.95. The van der Waals surface area contributed by atoms with Gasteiger partial charge in [0.25, 0.3) is 0 Å². The molecule has 0 amide bonds. The molecule has 0 aliphatic carbocycles. The highest BCUT2D eigenvalue weighted by atomic mass is 32.2. The second kappa shape index (κ2) is 7.77. The SMILES string of the molecule is CNc1nc(C2CCN(C)CC2)nc2c1CCN(S(=O)(=O)c1ccccc1)C2. The van der Waals surface area contributed by atoms with Gasteiger partial charge in [0.05, 0.1) is 17.1 Å². The average Bonchev–Trinajstić information content (AvgIpc) is 2.73. The summed E-state index contributed by atoms with van der Waals surface area (Å²) in [6.45, 7) is 2.81. The lowest BCUT2D eigenvalue weighted by Gasteiger charge is -2.31. The highest BCUT2D eigenvalue weighted by Crippen LogP contribution is 2.31. The summed E-state index contributed by atoms with van der Waals surface area (Å²) in [6, 6.07) is 8.63. The molecule has 28 heavy (non-hydrogen) atoms. The van der Waals surface area contributed by atoms with Crippen molar-refractivity contribution in [1.82, 2.24) is 19.2 Å². The summed E-state index contributed by atoms with van der Waals surface area (Å²) in [5, 5.41) is 3.20. The largest absolute Gasteiger partial charge is 0.373 e. The van der Waals surface area contributed by atoms with Gasteiger partial charge in [-0.05, 0) is 51.5 Å². The van der Waals surface area contributed by atoms with Crippen LogP contribution in [-0.2, 0) is 23.0 Å². The number of anilines is 1. The maximum atomic E-state index is 13.0. The van der Waals surface area contributed by atoms with Crippen molar-refractivity contribution < 1.29 is 8.42 Å². The monoisotopic (exact) mass is 401 g/mol. The van der Waals surface area contributed by atoms with Crippen molar-refractivity contribution in [3.05, 3.63) is 47.4 Å². The van der Waals surface area contributed by atoms with E-state index >= 15 is 0 Å². The minimum absolute atomic E-state index is 0.295. The third-order valence-corrected chi connectivity index (χ3v) is 7.61. The van der Waals surface area contributed by atoms with E-state index in [1.54, 1.807) is 24.3 Å². The lowest BCUT2D eigenvalue weighted by molar-refractivity contribution is 0.250. The Morgan fingerprint density at radius 1 is 1.07 bits per heavy atom. The van der Waals surface area contributed by atoms with Crippen molar-refractivity contribution in [2.24, 2.45) is 0 Å². The summed E-state index contributed by atoms with van der Waals surface area (Å²) in [7, 11) is 0.480. The van der Waals surface area contributed by atoms with E-state index in [4.69, 9.17) is 9.97 Å². The Bertz CT molecular complexity index is 941. The van der Waals surface area contributed by atoms with E-state index in [2.05, 4.69) is 17.3 Å². The van der Waals surface area contributed by atoms with Crippen molar-refractivity contribution in [2.45, 2.75) is 36.6 Å². The number of benzene rings is 1. The number of fused-ring (bicyclic) bond motifs is 1. The highest BCUT2D eigenvalue weighted by molar-refractivity contribution is 7.89. The summed E-state index contributed by atoms with van der Waals surface area (Å²) in [4.78, 5) is 12.3. The molecule has 2 aromatic rings. The molecular weight excluding hydrogens is 374 g/mol. The molecule has 1 saturated heterocycles. The quantitative estimate of drug-likeness (QED) is 0.845. The maximum absolute atomic E-state index is 13.0. The molecule has 7 nitrogen and oxygen atoms in total. The first-order valence-electron chi connectivity index (χ1n) is 9.80. The molecule has 0 radical (unpaired) electrons. The molecule has 0 spiro atoms. The van der Waals surface area contributed by atoms with Crippen molar-refractivity contribution in [1.29, 1.82) is 0 Å². The number of nitrogens with one attached hydrogen (secondary N) is 1. The van der Waals surface area contributed by atoms with Crippen molar-refractivity contribution in [3.63, 3.8) is 0 Å². The molecule has 0 atom stereocenters. The summed E-state index contributed by atoms with van der Waals surface area (Å²) in [5.41, 5.74) is 1.87. The van der Waals surface area contributed by atoms with E-state index in [1.165, 1.54) is 4.31 Å². The Kier molecular flexibility index (Phi) is 5.35. The van der Waals surface area contributed by atoms with Crippen molar-refractivity contribution in [2.75, 3.05) is 39.0 Å². The normalized spacial score (nSPS) is 19.4. The molecule has 1 N–H and O–H groups in total. The van der Waals surface area contributed by atoms with E-state index in [0.29, 0.717) is 30.3 Å².